The van der Waals surface area contributed by atoms with E-state index in [4.69, 9.17) is 21.3 Å². The van der Waals surface area contributed by atoms with Crippen molar-refractivity contribution in [3.63, 3.8) is 0 Å². The van der Waals surface area contributed by atoms with Gasteiger partial charge in [-0.1, -0.05) is 41.9 Å². The minimum Gasteiger partial charge on any atom is -0.492 e. The molecule has 0 atom stereocenters. The molecule has 6 heteroatoms. The molecule has 1 aromatic heterocycles. The summed E-state index contributed by atoms with van der Waals surface area (Å²) in [6.45, 7) is 1.42. The number of hydrogen-bond acceptors (Lipinski definition) is 3. The Hall–Kier alpha value is -3.31. The third-order valence-electron chi connectivity index (χ3n) is 4.57. The third-order valence-corrected chi connectivity index (χ3v) is 4.83. The van der Waals surface area contributed by atoms with Gasteiger partial charge in [0.25, 0.3) is 5.91 Å². The fourth-order valence-electron chi connectivity index (χ4n) is 3.15. The van der Waals surface area contributed by atoms with Gasteiger partial charge in [0.05, 0.1) is 24.1 Å². The predicted octanol–water partition coefficient (Wildman–Crippen LogP) is 4.70. The Morgan fingerprint density at radius 3 is 2.48 bits per heavy atom. The molecule has 0 aliphatic heterocycles. The van der Waals surface area contributed by atoms with Crippen molar-refractivity contribution in [2.45, 2.75) is 13.1 Å². The summed E-state index contributed by atoms with van der Waals surface area (Å²) >= 11 is 5.92. The molecule has 1 heterocycles. The molecule has 0 radical (unpaired) electrons. The Bertz CT molecular complexity index is 1110. The van der Waals surface area contributed by atoms with E-state index in [1.807, 2.05) is 54.6 Å². The van der Waals surface area contributed by atoms with Crippen molar-refractivity contribution in [1.29, 1.82) is 0 Å². The average molecular weight is 406 g/mol. The van der Waals surface area contributed by atoms with Crippen molar-refractivity contribution < 1.29 is 9.53 Å². The highest BCUT2D eigenvalue weighted by atomic mass is 35.5. The van der Waals surface area contributed by atoms with Gasteiger partial charge in [0, 0.05) is 10.6 Å². The maximum absolute atomic E-state index is 12.4. The first-order valence-electron chi connectivity index (χ1n) is 9.36. The highest BCUT2D eigenvalue weighted by Gasteiger charge is 2.12. The van der Waals surface area contributed by atoms with Crippen LogP contribution in [0.15, 0.2) is 78.9 Å². The lowest BCUT2D eigenvalue weighted by atomic mass is 10.2. The number of ether oxygens (including phenoxy) is 1. The van der Waals surface area contributed by atoms with Gasteiger partial charge in [0.2, 0.25) is 0 Å². The van der Waals surface area contributed by atoms with Crippen LogP contribution >= 0.6 is 11.6 Å². The van der Waals surface area contributed by atoms with E-state index < -0.39 is 0 Å². The Labute approximate surface area is 173 Å². The van der Waals surface area contributed by atoms with Gasteiger partial charge < -0.3 is 14.6 Å². The SMILES string of the molecule is O=C(NCc1nc2ccccc2n1CCOc1ccc(Cl)cc1)c1ccccc1. The van der Waals surface area contributed by atoms with Crippen LogP contribution < -0.4 is 10.1 Å². The van der Waals surface area contributed by atoms with Gasteiger partial charge in [-0.25, -0.2) is 4.98 Å². The first kappa shape index (κ1) is 19.0. The number of nitrogens with one attached hydrogen (secondary N) is 1. The maximum atomic E-state index is 12.4. The van der Waals surface area contributed by atoms with Crippen LogP contribution in [0.1, 0.15) is 16.2 Å². The van der Waals surface area contributed by atoms with E-state index >= 15 is 0 Å². The lowest BCUT2D eigenvalue weighted by Gasteiger charge is -2.12. The van der Waals surface area contributed by atoms with E-state index in [-0.39, 0.29) is 5.91 Å². The number of hydrogen-bond donors (Lipinski definition) is 1. The minimum absolute atomic E-state index is 0.123. The van der Waals surface area contributed by atoms with Crippen LogP contribution in [0.4, 0.5) is 0 Å². The monoisotopic (exact) mass is 405 g/mol. The smallest absolute Gasteiger partial charge is 0.251 e. The summed E-state index contributed by atoms with van der Waals surface area (Å²) in [6, 6.07) is 24.4. The molecule has 146 valence electrons. The van der Waals surface area contributed by atoms with Crippen LogP contribution in [-0.2, 0) is 13.1 Å². The predicted molar refractivity (Wildman–Crippen MR) is 114 cm³/mol. The van der Waals surface area contributed by atoms with Crippen molar-refractivity contribution in [2.24, 2.45) is 0 Å². The molecule has 0 aliphatic rings. The van der Waals surface area contributed by atoms with Crippen molar-refractivity contribution in [2.75, 3.05) is 6.61 Å². The van der Waals surface area contributed by atoms with E-state index in [1.54, 1.807) is 24.3 Å². The molecule has 4 aromatic rings. The fourth-order valence-corrected chi connectivity index (χ4v) is 3.27. The molecule has 1 amide bonds. The van der Waals surface area contributed by atoms with E-state index in [9.17, 15) is 4.79 Å². The molecule has 1 N–H and O–H groups in total. The number of amides is 1. The van der Waals surface area contributed by atoms with Crippen molar-refractivity contribution in [3.05, 3.63) is 95.3 Å². The molecular formula is C23H20ClN3O2. The van der Waals surface area contributed by atoms with Gasteiger partial charge in [-0.05, 0) is 48.5 Å². The Kier molecular flexibility index (Phi) is 5.77. The van der Waals surface area contributed by atoms with Crippen molar-refractivity contribution in [1.82, 2.24) is 14.9 Å². The van der Waals surface area contributed by atoms with Crippen LogP contribution in [0.3, 0.4) is 0 Å². The largest absolute Gasteiger partial charge is 0.492 e. The number of para-hydroxylation sites is 2. The molecule has 0 saturated carbocycles. The second-order valence-electron chi connectivity index (χ2n) is 6.52. The normalized spacial score (nSPS) is 10.8. The van der Waals surface area contributed by atoms with E-state index in [1.165, 1.54) is 0 Å². The molecule has 4 rings (SSSR count). The number of carbonyl (C=O) groups is 1. The zero-order chi connectivity index (χ0) is 20.1. The summed E-state index contributed by atoms with van der Waals surface area (Å²) in [5.41, 5.74) is 2.53. The molecule has 29 heavy (non-hydrogen) atoms. The standard InChI is InChI=1S/C23H20ClN3O2/c24-18-10-12-19(13-11-18)29-15-14-27-21-9-5-4-8-20(21)26-22(27)16-25-23(28)17-6-2-1-3-7-17/h1-13H,14-16H2,(H,25,28). The molecule has 0 unspecified atom stereocenters. The molecule has 0 saturated heterocycles. The van der Waals surface area contributed by atoms with Crippen LogP contribution in [0.5, 0.6) is 5.75 Å². The molecule has 0 bridgehead atoms. The summed E-state index contributed by atoms with van der Waals surface area (Å²) in [4.78, 5) is 17.1. The van der Waals surface area contributed by atoms with E-state index in [0.717, 1.165) is 22.6 Å². The quantitative estimate of drug-likeness (QED) is 0.485. The van der Waals surface area contributed by atoms with Crippen LogP contribution in [0.2, 0.25) is 5.02 Å². The van der Waals surface area contributed by atoms with E-state index in [0.29, 0.717) is 30.3 Å². The number of imidazole rings is 1. The van der Waals surface area contributed by atoms with Gasteiger partial charge in [-0.2, -0.15) is 0 Å². The number of carbonyl (C=O) groups excluding carboxylic acids is 1. The summed E-state index contributed by atoms with van der Waals surface area (Å²) in [5, 5.41) is 3.63. The van der Waals surface area contributed by atoms with Gasteiger partial charge in [-0.3, -0.25) is 4.79 Å². The van der Waals surface area contributed by atoms with Crippen LogP contribution in [0, 0.1) is 0 Å². The number of rotatable bonds is 7. The van der Waals surface area contributed by atoms with E-state index in [2.05, 4.69) is 9.88 Å². The number of fused-ring (bicyclic) bond motifs is 1. The van der Waals surface area contributed by atoms with Gasteiger partial charge in [-0.15, -0.1) is 0 Å². The summed E-state index contributed by atoms with van der Waals surface area (Å²) in [7, 11) is 0. The zero-order valence-corrected chi connectivity index (χ0v) is 16.5. The minimum atomic E-state index is -0.123. The fraction of sp³-hybridized carbons (Fsp3) is 0.130. The first-order chi connectivity index (χ1) is 14.2. The average Bonchev–Trinajstić information content (AvgIpc) is 3.11. The van der Waals surface area contributed by atoms with Crippen LogP contribution in [0.25, 0.3) is 11.0 Å². The lowest BCUT2D eigenvalue weighted by Crippen LogP contribution is -2.25. The molecule has 5 nitrogen and oxygen atoms in total. The van der Waals surface area contributed by atoms with Gasteiger partial charge >= 0.3 is 0 Å². The third kappa shape index (κ3) is 4.58. The van der Waals surface area contributed by atoms with Crippen molar-refractivity contribution in [3.8, 4) is 5.75 Å². The summed E-state index contributed by atoms with van der Waals surface area (Å²) < 4.78 is 7.92. The highest BCUT2D eigenvalue weighted by molar-refractivity contribution is 6.30. The molecule has 0 spiro atoms. The summed E-state index contributed by atoms with van der Waals surface area (Å²) in [5.74, 6) is 1.43. The molecular weight excluding hydrogens is 386 g/mol. The van der Waals surface area contributed by atoms with Crippen LogP contribution in [-0.4, -0.2) is 22.1 Å². The second-order valence-corrected chi connectivity index (χ2v) is 6.96. The Balaban J connectivity index is 1.48. The number of halogens is 1. The topological polar surface area (TPSA) is 56.2 Å². The molecule has 0 fully saturated rings. The number of aromatic nitrogens is 2. The van der Waals surface area contributed by atoms with Gasteiger partial charge in [0.15, 0.2) is 0 Å². The zero-order valence-electron chi connectivity index (χ0n) is 15.7. The summed E-state index contributed by atoms with van der Waals surface area (Å²) in [6.07, 6.45) is 0. The molecule has 0 aliphatic carbocycles. The Morgan fingerprint density at radius 1 is 0.966 bits per heavy atom. The highest BCUT2D eigenvalue weighted by Crippen LogP contribution is 2.18. The number of nitrogens with zero attached hydrogens (tertiary/aromatic N) is 2. The van der Waals surface area contributed by atoms with Crippen molar-refractivity contribution >= 4 is 28.5 Å². The number of benzene rings is 3. The maximum Gasteiger partial charge on any atom is 0.251 e. The lowest BCUT2D eigenvalue weighted by molar-refractivity contribution is 0.0949. The second kappa shape index (κ2) is 8.80. The van der Waals surface area contributed by atoms with Gasteiger partial charge in [0.1, 0.15) is 18.2 Å². The first-order valence-corrected chi connectivity index (χ1v) is 9.74. The Morgan fingerprint density at radius 2 is 1.69 bits per heavy atom. The molecule has 3 aromatic carbocycles.